The van der Waals surface area contributed by atoms with Gasteiger partial charge in [-0.3, -0.25) is 9.36 Å². The highest BCUT2D eigenvalue weighted by atomic mass is 32.2. The second kappa shape index (κ2) is 8.12. The summed E-state index contributed by atoms with van der Waals surface area (Å²) in [5.74, 6) is 1.19. The molecule has 0 saturated carbocycles. The van der Waals surface area contributed by atoms with E-state index in [2.05, 4.69) is 25.8 Å². The SMILES string of the molecule is Cn1cccc1C(=O)CSc1nnc(-c2c[nH]c3ccccc23)n1CC1CCCO1. The van der Waals surface area contributed by atoms with Gasteiger partial charge >= 0.3 is 0 Å². The number of aromatic amines is 1. The predicted octanol–water partition coefficient (Wildman–Crippen LogP) is 3.92. The molecule has 1 aromatic carbocycles. The minimum Gasteiger partial charge on any atom is -0.376 e. The number of ether oxygens (including phenoxy) is 1. The zero-order chi connectivity index (χ0) is 20.5. The highest BCUT2D eigenvalue weighted by molar-refractivity contribution is 7.99. The van der Waals surface area contributed by atoms with Crippen molar-refractivity contribution in [2.45, 2.75) is 30.6 Å². The molecule has 0 amide bonds. The van der Waals surface area contributed by atoms with Crippen molar-refractivity contribution in [1.82, 2.24) is 24.3 Å². The molecular formula is C22H23N5O2S. The van der Waals surface area contributed by atoms with Crippen molar-refractivity contribution < 1.29 is 9.53 Å². The standard InChI is InChI=1S/C22H23N5O2S/c1-26-10-4-9-19(26)20(28)14-30-22-25-24-21(27(22)13-15-6-5-11-29-15)17-12-23-18-8-3-2-7-16(17)18/h2-4,7-10,12,15,23H,5-6,11,13-14H2,1H3. The molecule has 1 aliphatic heterocycles. The number of H-pyrrole nitrogens is 1. The number of thioether (sulfide) groups is 1. The van der Waals surface area contributed by atoms with E-state index in [-0.39, 0.29) is 11.9 Å². The number of carbonyl (C=O) groups is 1. The van der Waals surface area contributed by atoms with Crippen LogP contribution in [-0.2, 0) is 18.3 Å². The first-order valence-electron chi connectivity index (χ1n) is 10.1. The van der Waals surface area contributed by atoms with Crippen LogP contribution in [0.1, 0.15) is 23.3 Å². The Morgan fingerprint density at radius 2 is 2.17 bits per heavy atom. The maximum Gasteiger partial charge on any atom is 0.192 e. The lowest BCUT2D eigenvalue weighted by molar-refractivity contribution is 0.0953. The largest absolute Gasteiger partial charge is 0.376 e. The molecule has 0 bridgehead atoms. The fourth-order valence-electron chi connectivity index (χ4n) is 3.96. The third-order valence-electron chi connectivity index (χ3n) is 5.52. The topological polar surface area (TPSA) is 77.7 Å². The first kappa shape index (κ1) is 19.1. The Kier molecular flexibility index (Phi) is 5.18. The van der Waals surface area contributed by atoms with Crippen LogP contribution in [0, 0.1) is 0 Å². The number of para-hydroxylation sites is 1. The zero-order valence-electron chi connectivity index (χ0n) is 16.7. The molecule has 1 unspecified atom stereocenters. The van der Waals surface area contributed by atoms with E-state index in [0.29, 0.717) is 18.0 Å². The number of nitrogens with one attached hydrogen (secondary N) is 1. The molecule has 5 rings (SSSR count). The van der Waals surface area contributed by atoms with Gasteiger partial charge in [0.1, 0.15) is 0 Å². The lowest BCUT2D eigenvalue weighted by atomic mass is 10.1. The summed E-state index contributed by atoms with van der Waals surface area (Å²) in [6, 6.07) is 11.9. The van der Waals surface area contributed by atoms with Crippen molar-refractivity contribution in [3.05, 3.63) is 54.5 Å². The summed E-state index contributed by atoms with van der Waals surface area (Å²) in [6.07, 6.45) is 6.10. The van der Waals surface area contributed by atoms with E-state index in [9.17, 15) is 4.79 Å². The molecule has 0 radical (unpaired) electrons. The van der Waals surface area contributed by atoms with Crippen LogP contribution in [0.2, 0.25) is 0 Å². The second-order valence-electron chi connectivity index (χ2n) is 7.52. The third-order valence-corrected chi connectivity index (χ3v) is 6.49. The summed E-state index contributed by atoms with van der Waals surface area (Å²) in [4.78, 5) is 16.0. The van der Waals surface area contributed by atoms with Crippen molar-refractivity contribution in [3.8, 4) is 11.4 Å². The molecule has 1 atom stereocenters. The Morgan fingerprint density at radius 1 is 1.27 bits per heavy atom. The monoisotopic (exact) mass is 421 g/mol. The molecule has 7 nitrogen and oxygen atoms in total. The smallest absolute Gasteiger partial charge is 0.192 e. The first-order chi connectivity index (χ1) is 14.7. The van der Waals surface area contributed by atoms with E-state index >= 15 is 0 Å². The van der Waals surface area contributed by atoms with Crippen LogP contribution in [0.5, 0.6) is 0 Å². The molecule has 4 heterocycles. The van der Waals surface area contributed by atoms with Gasteiger partial charge in [0, 0.05) is 42.5 Å². The van der Waals surface area contributed by atoms with Gasteiger partial charge in [-0.25, -0.2) is 0 Å². The van der Waals surface area contributed by atoms with Gasteiger partial charge in [0.15, 0.2) is 16.8 Å². The molecule has 30 heavy (non-hydrogen) atoms. The van der Waals surface area contributed by atoms with Crippen LogP contribution < -0.4 is 0 Å². The van der Waals surface area contributed by atoms with Crippen LogP contribution >= 0.6 is 11.8 Å². The first-order valence-corrected chi connectivity index (χ1v) is 11.1. The molecule has 4 aromatic rings. The fraction of sp³-hybridized carbons (Fsp3) is 0.318. The predicted molar refractivity (Wildman–Crippen MR) is 117 cm³/mol. The summed E-state index contributed by atoms with van der Waals surface area (Å²) in [5, 5.41) is 10.8. The number of fused-ring (bicyclic) bond motifs is 1. The average Bonchev–Trinajstić information content (AvgIpc) is 3.54. The highest BCUT2D eigenvalue weighted by Gasteiger charge is 2.23. The van der Waals surface area contributed by atoms with Crippen molar-refractivity contribution in [3.63, 3.8) is 0 Å². The molecule has 1 aliphatic rings. The van der Waals surface area contributed by atoms with Crippen LogP contribution in [0.3, 0.4) is 0 Å². The van der Waals surface area contributed by atoms with Gasteiger partial charge in [0.2, 0.25) is 0 Å². The Bertz CT molecular complexity index is 1190. The molecule has 0 aliphatic carbocycles. The lowest BCUT2D eigenvalue weighted by Crippen LogP contribution is -2.17. The molecule has 1 fully saturated rings. The minimum absolute atomic E-state index is 0.0767. The number of ketones is 1. The van der Waals surface area contributed by atoms with Crippen molar-refractivity contribution in [1.29, 1.82) is 0 Å². The maximum atomic E-state index is 12.6. The van der Waals surface area contributed by atoms with Crippen molar-refractivity contribution in [2.75, 3.05) is 12.4 Å². The quantitative estimate of drug-likeness (QED) is 0.361. The second-order valence-corrected chi connectivity index (χ2v) is 8.46. The highest BCUT2D eigenvalue weighted by Crippen LogP contribution is 2.31. The van der Waals surface area contributed by atoms with Gasteiger partial charge in [-0.2, -0.15) is 0 Å². The van der Waals surface area contributed by atoms with E-state index in [1.807, 2.05) is 54.3 Å². The van der Waals surface area contributed by atoms with E-state index in [1.54, 1.807) is 0 Å². The Labute approximate surface area is 178 Å². The summed E-state index contributed by atoms with van der Waals surface area (Å²) >= 11 is 1.43. The molecule has 8 heteroatoms. The Morgan fingerprint density at radius 3 is 2.97 bits per heavy atom. The number of aromatic nitrogens is 5. The number of aryl methyl sites for hydroxylation is 1. The van der Waals surface area contributed by atoms with Gasteiger partial charge in [-0.05, 0) is 31.0 Å². The number of rotatable bonds is 7. The average molecular weight is 422 g/mol. The van der Waals surface area contributed by atoms with Crippen LogP contribution in [0.15, 0.2) is 53.9 Å². The van der Waals surface area contributed by atoms with Crippen molar-refractivity contribution in [2.24, 2.45) is 7.05 Å². The van der Waals surface area contributed by atoms with Crippen LogP contribution in [-0.4, -0.2) is 48.6 Å². The van der Waals surface area contributed by atoms with Gasteiger partial charge in [0.05, 0.1) is 24.1 Å². The van der Waals surface area contributed by atoms with Gasteiger partial charge in [0.25, 0.3) is 0 Å². The lowest BCUT2D eigenvalue weighted by Gasteiger charge is -2.14. The third kappa shape index (κ3) is 3.57. The molecular weight excluding hydrogens is 398 g/mol. The van der Waals surface area contributed by atoms with Gasteiger partial charge in [-0.1, -0.05) is 30.0 Å². The number of carbonyl (C=O) groups excluding carboxylic acids is 1. The summed E-state index contributed by atoms with van der Waals surface area (Å²) < 4.78 is 9.83. The van der Waals surface area contributed by atoms with Gasteiger partial charge < -0.3 is 14.3 Å². The minimum atomic E-state index is 0.0767. The van der Waals surface area contributed by atoms with E-state index in [0.717, 1.165) is 46.9 Å². The van der Waals surface area contributed by atoms with Crippen LogP contribution in [0.4, 0.5) is 0 Å². The van der Waals surface area contributed by atoms with Gasteiger partial charge in [-0.15, -0.1) is 10.2 Å². The number of hydrogen-bond donors (Lipinski definition) is 1. The van der Waals surface area contributed by atoms with Crippen molar-refractivity contribution >= 4 is 28.4 Å². The van der Waals surface area contributed by atoms with E-state index < -0.39 is 0 Å². The summed E-state index contributed by atoms with van der Waals surface area (Å²) in [6.45, 7) is 1.48. The maximum absolute atomic E-state index is 12.6. The number of hydrogen-bond acceptors (Lipinski definition) is 5. The van der Waals surface area contributed by atoms with E-state index in [4.69, 9.17) is 4.74 Å². The van der Waals surface area contributed by atoms with E-state index in [1.165, 1.54) is 11.8 Å². The summed E-state index contributed by atoms with van der Waals surface area (Å²) in [7, 11) is 1.88. The van der Waals surface area contributed by atoms with Crippen LogP contribution in [0.25, 0.3) is 22.3 Å². The number of nitrogens with zero attached hydrogens (tertiary/aromatic N) is 4. The fourth-order valence-corrected chi connectivity index (χ4v) is 4.79. The number of benzene rings is 1. The molecule has 0 spiro atoms. The molecule has 1 saturated heterocycles. The zero-order valence-corrected chi connectivity index (χ0v) is 17.6. The Balaban J connectivity index is 1.46. The molecule has 1 N–H and O–H groups in total. The molecule has 154 valence electrons. The summed E-state index contributed by atoms with van der Waals surface area (Å²) in [5.41, 5.74) is 2.77. The Hall–Kier alpha value is -2.84. The normalized spacial score (nSPS) is 16.5. The number of Topliss-reactive ketones (excluding diaryl/α,β-unsaturated/α-hetero) is 1. The molecule has 3 aromatic heterocycles.